The van der Waals surface area contributed by atoms with E-state index in [9.17, 15) is 0 Å². The normalized spacial score (nSPS) is 12.6. The van der Waals surface area contributed by atoms with Crippen LogP contribution in [0.4, 0.5) is 0 Å². The number of hydrogen-bond acceptors (Lipinski definition) is 2. The number of aliphatic hydroxyl groups excluding tert-OH is 1. The average Bonchev–Trinajstić information content (AvgIpc) is 1.89. The van der Waals surface area contributed by atoms with Gasteiger partial charge in [-0.2, -0.15) is 0 Å². The summed E-state index contributed by atoms with van der Waals surface area (Å²) < 4.78 is 0. The van der Waals surface area contributed by atoms with Crippen LogP contribution in [0, 0.1) is 12.3 Å². The quantitative estimate of drug-likeness (QED) is 0.416. The van der Waals surface area contributed by atoms with Crippen molar-refractivity contribution in [1.29, 1.82) is 0 Å². The topological polar surface area (TPSA) is 46.2 Å². The molecule has 0 amide bonds. The van der Waals surface area contributed by atoms with Crippen molar-refractivity contribution in [2.45, 2.75) is 25.4 Å². The molecule has 2 heteroatoms. The van der Waals surface area contributed by atoms with Crippen molar-refractivity contribution in [2.24, 2.45) is 5.73 Å². The Hall–Kier alpha value is -0.520. The SMILES string of the molecule is C#CCCCC(O)CN. The Kier molecular flexibility index (Phi) is 5.29. The van der Waals surface area contributed by atoms with Gasteiger partial charge >= 0.3 is 0 Å². The Morgan fingerprint density at radius 3 is 2.78 bits per heavy atom. The molecule has 0 aliphatic rings. The second kappa shape index (κ2) is 5.61. The minimum atomic E-state index is -0.363. The van der Waals surface area contributed by atoms with E-state index in [-0.39, 0.29) is 6.10 Å². The zero-order chi connectivity index (χ0) is 7.11. The molecule has 0 fully saturated rings. The summed E-state index contributed by atoms with van der Waals surface area (Å²) in [7, 11) is 0. The molecule has 3 N–H and O–H groups in total. The van der Waals surface area contributed by atoms with Gasteiger partial charge in [0.2, 0.25) is 0 Å². The average molecular weight is 127 g/mol. The van der Waals surface area contributed by atoms with Crippen LogP contribution in [0.15, 0.2) is 0 Å². The van der Waals surface area contributed by atoms with E-state index in [2.05, 4.69) is 5.92 Å². The molecule has 0 aromatic rings. The fraction of sp³-hybridized carbons (Fsp3) is 0.714. The first kappa shape index (κ1) is 8.48. The van der Waals surface area contributed by atoms with Gasteiger partial charge in [0.15, 0.2) is 0 Å². The van der Waals surface area contributed by atoms with Gasteiger partial charge < -0.3 is 10.8 Å². The summed E-state index contributed by atoms with van der Waals surface area (Å²) in [5.74, 6) is 2.50. The Labute approximate surface area is 56.1 Å². The summed E-state index contributed by atoms with van der Waals surface area (Å²) in [6, 6.07) is 0. The maximum atomic E-state index is 8.89. The lowest BCUT2D eigenvalue weighted by atomic mass is 10.1. The van der Waals surface area contributed by atoms with Crippen LogP contribution in [0.25, 0.3) is 0 Å². The minimum Gasteiger partial charge on any atom is -0.392 e. The van der Waals surface area contributed by atoms with Gasteiger partial charge in [-0.1, -0.05) is 0 Å². The molecule has 0 radical (unpaired) electrons. The zero-order valence-electron chi connectivity index (χ0n) is 5.51. The summed E-state index contributed by atoms with van der Waals surface area (Å²) in [6.45, 7) is 0.338. The van der Waals surface area contributed by atoms with Gasteiger partial charge in [-0.3, -0.25) is 0 Å². The van der Waals surface area contributed by atoms with Crippen molar-refractivity contribution in [1.82, 2.24) is 0 Å². The largest absolute Gasteiger partial charge is 0.392 e. The molecule has 9 heavy (non-hydrogen) atoms. The molecule has 0 aliphatic heterocycles. The Morgan fingerprint density at radius 1 is 1.67 bits per heavy atom. The van der Waals surface area contributed by atoms with E-state index in [0.29, 0.717) is 6.54 Å². The molecule has 0 aromatic heterocycles. The molecule has 52 valence electrons. The lowest BCUT2D eigenvalue weighted by Gasteiger charge is -2.03. The van der Waals surface area contributed by atoms with Gasteiger partial charge in [-0.05, 0) is 12.8 Å². The number of hydrogen-bond donors (Lipinski definition) is 2. The van der Waals surface area contributed by atoms with Gasteiger partial charge in [0.1, 0.15) is 0 Å². The number of aliphatic hydroxyl groups is 1. The standard InChI is InChI=1S/C7H13NO/c1-2-3-4-5-7(9)6-8/h1,7,9H,3-6,8H2. The predicted octanol–water partition coefficient (Wildman–Crippen LogP) is 0.110. The molecular weight excluding hydrogens is 114 g/mol. The van der Waals surface area contributed by atoms with Crippen molar-refractivity contribution in [2.75, 3.05) is 6.54 Å². The molecule has 0 rings (SSSR count). The van der Waals surface area contributed by atoms with Crippen molar-refractivity contribution in [3.8, 4) is 12.3 Å². The molecule has 0 saturated heterocycles. The zero-order valence-corrected chi connectivity index (χ0v) is 5.51. The maximum absolute atomic E-state index is 8.89. The van der Waals surface area contributed by atoms with Crippen LogP contribution in [0.5, 0.6) is 0 Å². The van der Waals surface area contributed by atoms with Crippen LogP contribution in [-0.4, -0.2) is 17.8 Å². The fourth-order valence-electron chi connectivity index (χ4n) is 0.558. The number of terminal acetylenes is 1. The van der Waals surface area contributed by atoms with E-state index in [4.69, 9.17) is 17.3 Å². The first-order valence-electron chi connectivity index (χ1n) is 3.13. The smallest absolute Gasteiger partial charge is 0.0662 e. The molecule has 0 aromatic carbocycles. The van der Waals surface area contributed by atoms with E-state index < -0.39 is 0 Å². The molecule has 1 unspecified atom stereocenters. The summed E-state index contributed by atoms with van der Waals surface area (Å²) in [6.07, 6.45) is 6.96. The van der Waals surface area contributed by atoms with Crippen molar-refractivity contribution in [3.63, 3.8) is 0 Å². The fourth-order valence-corrected chi connectivity index (χ4v) is 0.558. The van der Waals surface area contributed by atoms with E-state index in [1.807, 2.05) is 0 Å². The van der Waals surface area contributed by atoms with Gasteiger partial charge in [-0.15, -0.1) is 12.3 Å². The number of rotatable bonds is 4. The van der Waals surface area contributed by atoms with E-state index >= 15 is 0 Å². The highest BCUT2D eigenvalue weighted by molar-refractivity contribution is 4.83. The van der Waals surface area contributed by atoms with Crippen molar-refractivity contribution < 1.29 is 5.11 Å². The maximum Gasteiger partial charge on any atom is 0.0662 e. The molecule has 0 spiro atoms. The second-order valence-electron chi connectivity index (χ2n) is 1.99. The highest BCUT2D eigenvalue weighted by Gasteiger charge is 1.97. The van der Waals surface area contributed by atoms with Gasteiger partial charge in [0.25, 0.3) is 0 Å². The van der Waals surface area contributed by atoms with Crippen LogP contribution in [0.2, 0.25) is 0 Å². The first-order chi connectivity index (χ1) is 4.31. The molecule has 0 heterocycles. The summed E-state index contributed by atoms with van der Waals surface area (Å²) >= 11 is 0. The summed E-state index contributed by atoms with van der Waals surface area (Å²) in [5.41, 5.74) is 5.15. The van der Waals surface area contributed by atoms with Crippen molar-refractivity contribution >= 4 is 0 Å². The third-order valence-electron chi connectivity index (χ3n) is 1.13. The molecular formula is C7H13NO. The first-order valence-corrected chi connectivity index (χ1v) is 3.13. The van der Waals surface area contributed by atoms with Gasteiger partial charge in [0.05, 0.1) is 6.10 Å². The highest BCUT2D eigenvalue weighted by atomic mass is 16.3. The Bertz CT molecular complexity index is 95.6. The van der Waals surface area contributed by atoms with E-state index in [1.165, 1.54) is 0 Å². The second-order valence-corrected chi connectivity index (χ2v) is 1.99. The van der Waals surface area contributed by atoms with Crippen LogP contribution in [-0.2, 0) is 0 Å². The van der Waals surface area contributed by atoms with Crippen LogP contribution in [0.3, 0.4) is 0 Å². The third kappa shape index (κ3) is 5.35. The van der Waals surface area contributed by atoms with E-state index in [0.717, 1.165) is 19.3 Å². The minimum absolute atomic E-state index is 0.338. The molecule has 0 aliphatic carbocycles. The van der Waals surface area contributed by atoms with E-state index in [1.54, 1.807) is 0 Å². The summed E-state index contributed by atoms with van der Waals surface area (Å²) in [4.78, 5) is 0. The van der Waals surface area contributed by atoms with Gasteiger partial charge in [0, 0.05) is 13.0 Å². The third-order valence-corrected chi connectivity index (χ3v) is 1.13. The Balaban J connectivity index is 2.99. The van der Waals surface area contributed by atoms with Crippen LogP contribution < -0.4 is 5.73 Å². The number of unbranched alkanes of at least 4 members (excludes halogenated alkanes) is 1. The monoisotopic (exact) mass is 127 g/mol. The lowest BCUT2D eigenvalue weighted by Crippen LogP contribution is -2.19. The predicted molar refractivity (Wildman–Crippen MR) is 37.7 cm³/mol. The van der Waals surface area contributed by atoms with Crippen LogP contribution in [0.1, 0.15) is 19.3 Å². The van der Waals surface area contributed by atoms with Crippen LogP contribution >= 0.6 is 0 Å². The molecule has 0 saturated carbocycles. The molecule has 0 bridgehead atoms. The molecule has 2 nitrogen and oxygen atoms in total. The molecule has 1 atom stereocenters. The number of nitrogens with two attached hydrogens (primary N) is 1. The Morgan fingerprint density at radius 2 is 2.33 bits per heavy atom. The summed E-state index contributed by atoms with van der Waals surface area (Å²) in [5, 5.41) is 8.89. The highest BCUT2D eigenvalue weighted by Crippen LogP contribution is 1.97. The van der Waals surface area contributed by atoms with Crippen molar-refractivity contribution in [3.05, 3.63) is 0 Å². The lowest BCUT2D eigenvalue weighted by molar-refractivity contribution is 0.170. The van der Waals surface area contributed by atoms with Gasteiger partial charge in [-0.25, -0.2) is 0 Å².